The maximum absolute atomic E-state index is 12.4. The van der Waals surface area contributed by atoms with Gasteiger partial charge in [-0.3, -0.25) is 4.98 Å². The second-order valence-corrected chi connectivity index (χ2v) is 6.06. The Labute approximate surface area is 142 Å². The van der Waals surface area contributed by atoms with Crippen molar-refractivity contribution in [2.45, 2.75) is 26.0 Å². The van der Waals surface area contributed by atoms with Crippen molar-refractivity contribution >= 4 is 6.03 Å². The first-order chi connectivity index (χ1) is 11.7. The number of hydrogen-bond donors (Lipinski definition) is 1. The first kappa shape index (κ1) is 16.5. The summed E-state index contributed by atoms with van der Waals surface area (Å²) in [6, 6.07) is 16.0. The fraction of sp³-hybridized carbons (Fsp3) is 0.368. The van der Waals surface area contributed by atoms with Crippen LogP contribution in [0.1, 0.15) is 17.0 Å². The van der Waals surface area contributed by atoms with Gasteiger partial charge < -0.3 is 15.0 Å². The molecule has 126 valence electrons. The van der Waals surface area contributed by atoms with Crippen LogP contribution in [0.15, 0.2) is 48.5 Å². The summed E-state index contributed by atoms with van der Waals surface area (Å²) in [4.78, 5) is 18.6. The molecule has 1 fully saturated rings. The molecule has 0 aliphatic carbocycles. The largest absolute Gasteiger partial charge is 0.374 e. The molecule has 3 rings (SSSR count). The lowest BCUT2D eigenvalue weighted by Crippen LogP contribution is -2.50. The molecule has 2 amide bonds. The van der Waals surface area contributed by atoms with Crippen molar-refractivity contribution in [2.24, 2.45) is 0 Å². The summed E-state index contributed by atoms with van der Waals surface area (Å²) < 4.78 is 5.81. The fourth-order valence-corrected chi connectivity index (χ4v) is 2.88. The topological polar surface area (TPSA) is 54.5 Å². The van der Waals surface area contributed by atoms with Crippen molar-refractivity contribution in [1.82, 2.24) is 15.2 Å². The van der Waals surface area contributed by atoms with Gasteiger partial charge in [0, 0.05) is 25.2 Å². The summed E-state index contributed by atoms with van der Waals surface area (Å²) in [6.45, 7) is 4.21. The van der Waals surface area contributed by atoms with Crippen LogP contribution in [0.5, 0.6) is 0 Å². The summed E-state index contributed by atoms with van der Waals surface area (Å²) >= 11 is 0. The molecule has 1 aliphatic heterocycles. The molecule has 0 radical (unpaired) electrons. The number of aromatic nitrogens is 1. The predicted molar refractivity (Wildman–Crippen MR) is 92.7 cm³/mol. The van der Waals surface area contributed by atoms with Crippen molar-refractivity contribution in [3.8, 4) is 0 Å². The minimum absolute atomic E-state index is 0.0454. The molecular weight excluding hydrogens is 302 g/mol. The van der Waals surface area contributed by atoms with Gasteiger partial charge in [-0.05, 0) is 24.6 Å². The molecule has 0 spiro atoms. The lowest BCUT2D eigenvalue weighted by Gasteiger charge is -2.33. The number of aryl methyl sites for hydroxylation is 1. The molecular formula is C19H23N3O2. The van der Waals surface area contributed by atoms with Crippen LogP contribution in [0, 0.1) is 6.92 Å². The average Bonchev–Trinajstić information content (AvgIpc) is 2.61. The highest BCUT2D eigenvalue weighted by atomic mass is 16.5. The maximum Gasteiger partial charge on any atom is 0.317 e. The van der Waals surface area contributed by atoms with Crippen LogP contribution < -0.4 is 5.32 Å². The molecule has 1 aliphatic rings. The standard InChI is InChI=1S/C19H23N3O2/c1-15-6-5-9-17(21-15)13-20-19(23)22-10-11-24-18(14-22)12-16-7-3-2-4-8-16/h2-9,18H,10-14H2,1H3,(H,20,23)/t18-/m0/s1. The van der Waals surface area contributed by atoms with Crippen LogP contribution in [0.4, 0.5) is 4.79 Å². The van der Waals surface area contributed by atoms with Gasteiger partial charge >= 0.3 is 6.03 Å². The number of nitrogens with one attached hydrogen (secondary N) is 1. The van der Waals surface area contributed by atoms with Gasteiger partial charge in [-0.2, -0.15) is 0 Å². The molecule has 1 aromatic carbocycles. The van der Waals surface area contributed by atoms with Gasteiger partial charge in [0.25, 0.3) is 0 Å². The number of morpholine rings is 1. The van der Waals surface area contributed by atoms with Crippen LogP contribution in [-0.4, -0.2) is 41.7 Å². The van der Waals surface area contributed by atoms with E-state index in [0.29, 0.717) is 26.2 Å². The zero-order valence-electron chi connectivity index (χ0n) is 13.9. The van der Waals surface area contributed by atoms with Gasteiger partial charge in [0.2, 0.25) is 0 Å². The molecule has 5 heteroatoms. The summed E-state index contributed by atoms with van der Waals surface area (Å²) in [5.74, 6) is 0. The Hall–Kier alpha value is -2.40. The first-order valence-corrected chi connectivity index (χ1v) is 8.31. The number of urea groups is 1. The van der Waals surface area contributed by atoms with Crippen molar-refractivity contribution in [3.63, 3.8) is 0 Å². The highest BCUT2D eigenvalue weighted by Gasteiger charge is 2.24. The minimum Gasteiger partial charge on any atom is -0.374 e. The highest BCUT2D eigenvalue weighted by Crippen LogP contribution is 2.12. The van der Waals surface area contributed by atoms with Crippen LogP contribution in [0.25, 0.3) is 0 Å². The third kappa shape index (κ3) is 4.55. The molecule has 1 saturated heterocycles. The lowest BCUT2D eigenvalue weighted by molar-refractivity contribution is -0.0133. The third-order valence-electron chi connectivity index (χ3n) is 4.10. The SMILES string of the molecule is Cc1cccc(CNC(=O)N2CCO[C@@H](Cc3ccccc3)C2)n1. The van der Waals surface area contributed by atoms with E-state index >= 15 is 0 Å². The van der Waals surface area contributed by atoms with Crippen molar-refractivity contribution in [2.75, 3.05) is 19.7 Å². The van der Waals surface area contributed by atoms with E-state index in [0.717, 1.165) is 17.8 Å². The number of amides is 2. The molecule has 2 aromatic rings. The number of benzene rings is 1. The van der Waals surface area contributed by atoms with Crippen LogP contribution in [-0.2, 0) is 17.7 Å². The van der Waals surface area contributed by atoms with Gasteiger partial charge in [-0.1, -0.05) is 36.4 Å². The van der Waals surface area contributed by atoms with Crippen molar-refractivity contribution < 1.29 is 9.53 Å². The maximum atomic E-state index is 12.4. The predicted octanol–water partition coefficient (Wildman–Crippen LogP) is 2.54. The molecule has 0 bridgehead atoms. The van der Waals surface area contributed by atoms with E-state index in [1.165, 1.54) is 5.56 Å². The van der Waals surface area contributed by atoms with Crippen LogP contribution >= 0.6 is 0 Å². The number of carbonyl (C=O) groups excluding carboxylic acids is 1. The van der Waals surface area contributed by atoms with Gasteiger partial charge in [0.15, 0.2) is 0 Å². The van der Waals surface area contributed by atoms with E-state index < -0.39 is 0 Å². The summed E-state index contributed by atoms with van der Waals surface area (Å²) in [7, 11) is 0. The van der Waals surface area contributed by atoms with Gasteiger partial charge in [-0.25, -0.2) is 4.79 Å². The second kappa shape index (κ2) is 7.93. The average molecular weight is 325 g/mol. The zero-order chi connectivity index (χ0) is 16.8. The van der Waals surface area contributed by atoms with Crippen LogP contribution in [0.2, 0.25) is 0 Å². The fourth-order valence-electron chi connectivity index (χ4n) is 2.88. The first-order valence-electron chi connectivity index (χ1n) is 8.31. The number of carbonyl (C=O) groups is 1. The quantitative estimate of drug-likeness (QED) is 0.940. The van der Waals surface area contributed by atoms with E-state index in [9.17, 15) is 4.79 Å². The Morgan fingerprint density at radius 1 is 1.25 bits per heavy atom. The molecule has 5 nitrogen and oxygen atoms in total. The van der Waals surface area contributed by atoms with Gasteiger partial charge in [-0.15, -0.1) is 0 Å². The minimum atomic E-state index is -0.0559. The van der Waals surface area contributed by atoms with E-state index in [4.69, 9.17) is 4.74 Å². The number of hydrogen-bond acceptors (Lipinski definition) is 3. The molecule has 0 saturated carbocycles. The third-order valence-corrected chi connectivity index (χ3v) is 4.10. The van der Waals surface area contributed by atoms with Crippen LogP contribution in [0.3, 0.4) is 0 Å². The molecule has 0 unspecified atom stereocenters. The van der Waals surface area contributed by atoms with Gasteiger partial charge in [0.05, 0.1) is 24.9 Å². The van der Waals surface area contributed by atoms with Crippen molar-refractivity contribution in [3.05, 3.63) is 65.5 Å². The number of rotatable bonds is 4. The van der Waals surface area contributed by atoms with E-state index in [1.54, 1.807) is 0 Å². The Kier molecular flexibility index (Phi) is 5.43. The molecule has 1 atom stereocenters. The second-order valence-electron chi connectivity index (χ2n) is 6.06. The highest BCUT2D eigenvalue weighted by molar-refractivity contribution is 5.74. The molecule has 1 aromatic heterocycles. The Balaban J connectivity index is 1.51. The van der Waals surface area contributed by atoms with E-state index in [2.05, 4.69) is 22.4 Å². The lowest BCUT2D eigenvalue weighted by atomic mass is 10.1. The summed E-state index contributed by atoms with van der Waals surface area (Å²) in [5.41, 5.74) is 3.06. The Morgan fingerprint density at radius 2 is 2.08 bits per heavy atom. The number of pyridine rings is 1. The van der Waals surface area contributed by atoms with E-state index in [-0.39, 0.29) is 12.1 Å². The zero-order valence-corrected chi connectivity index (χ0v) is 13.9. The monoisotopic (exact) mass is 325 g/mol. The van der Waals surface area contributed by atoms with Crippen molar-refractivity contribution in [1.29, 1.82) is 0 Å². The normalized spacial score (nSPS) is 17.5. The number of nitrogens with zero attached hydrogens (tertiary/aromatic N) is 2. The van der Waals surface area contributed by atoms with Gasteiger partial charge in [0.1, 0.15) is 0 Å². The molecule has 24 heavy (non-hydrogen) atoms. The van der Waals surface area contributed by atoms with E-state index in [1.807, 2.05) is 48.2 Å². The number of ether oxygens (including phenoxy) is 1. The smallest absolute Gasteiger partial charge is 0.317 e. The summed E-state index contributed by atoms with van der Waals surface area (Å²) in [6.07, 6.45) is 0.869. The molecule has 1 N–H and O–H groups in total. The Bertz CT molecular complexity index is 675. The summed E-state index contributed by atoms with van der Waals surface area (Å²) in [5, 5.41) is 2.95. The molecule has 2 heterocycles. The Morgan fingerprint density at radius 3 is 2.88 bits per heavy atom.